The van der Waals surface area contributed by atoms with Crippen LogP contribution < -0.4 is 10.6 Å². The first-order valence-electron chi connectivity index (χ1n) is 12.2. The minimum atomic E-state index is -0.346. The van der Waals surface area contributed by atoms with Crippen LogP contribution >= 0.6 is 0 Å². The molecule has 194 valence electrons. The first-order valence-corrected chi connectivity index (χ1v) is 12.2. The predicted molar refractivity (Wildman–Crippen MR) is 142 cm³/mol. The standard InChI is InChI=1S/C26H37N7O3/c1-5-7-24(31(4)19-28-20(3)32-14-16-36-17-15-32)30-26(35)23-18-22(8-11-27-23)29-21-9-12-33(13-10-21)25(34)6-2/h5-6,8,11,18-19,21,24H,1-3,7,9-10,12-17H2,4H3,(H,27,29)(H,30,35). The third kappa shape index (κ3) is 7.67. The number of piperidine rings is 1. The van der Waals surface area contributed by atoms with Crippen molar-refractivity contribution in [1.82, 2.24) is 25.0 Å². The Balaban J connectivity index is 1.56. The van der Waals surface area contributed by atoms with Gasteiger partial charge in [0.05, 0.1) is 19.6 Å². The number of aromatic nitrogens is 1. The molecule has 2 amide bonds. The maximum Gasteiger partial charge on any atom is 0.271 e. The van der Waals surface area contributed by atoms with Crippen molar-refractivity contribution in [3.63, 3.8) is 0 Å². The molecule has 0 saturated carbocycles. The van der Waals surface area contributed by atoms with Crippen LogP contribution in [0.1, 0.15) is 29.8 Å². The van der Waals surface area contributed by atoms with E-state index in [0.29, 0.717) is 44.2 Å². The molecule has 3 heterocycles. The predicted octanol–water partition coefficient (Wildman–Crippen LogP) is 2.07. The second kappa shape index (κ2) is 13.4. The Morgan fingerprint density at radius 2 is 1.97 bits per heavy atom. The fourth-order valence-electron chi connectivity index (χ4n) is 4.10. The Kier molecular flexibility index (Phi) is 10.1. The van der Waals surface area contributed by atoms with Gasteiger partial charge in [0.1, 0.15) is 17.7 Å². The molecular weight excluding hydrogens is 458 g/mol. The summed E-state index contributed by atoms with van der Waals surface area (Å²) in [6, 6.07) is 3.80. The van der Waals surface area contributed by atoms with Crippen LogP contribution in [-0.4, -0.2) is 96.5 Å². The number of aliphatic imine (C=N–C) groups is 1. The molecule has 2 aliphatic heterocycles. The van der Waals surface area contributed by atoms with Crippen molar-refractivity contribution in [2.24, 2.45) is 4.99 Å². The van der Waals surface area contributed by atoms with Gasteiger partial charge in [-0.15, -0.1) is 6.58 Å². The number of ether oxygens (including phenoxy) is 1. The van der Waals surface area contributed by atoms with Crippen molar-refractivity contribution in [3.05, 3.63) is 61.7 Å². The summed E-state index contributed by atoms with van der Waals surface area (Å²) in [6.45, 7) is 15.6. The molecule has 36 heavy (non-hydrogen) atoms. The van der Waals surface area contributed by atoms with E-state index in [1.54, 1.807) is 29.6 Å². The lowest BCUT2D eigenvalue weighted by atomic mass is 10.0. The number of nitrogens with zero attached hydrogens (tertiary/aromatic N) is 5. The van der Waals surface area contributed by atoms with Crippen molar-refractivity contribution in [1.29, 1.82) is 0 Å². The number of anilines is 1. The minimum Gasteiger partial charge on any atom is -0.382 e. The van der Waals surface area contributed by atoms with Crippen molar-refractivity contribution in [2.75, 3.05) is 51.8 Å². The molecule has 2 fully saturated rings. The van der Waals surface area contributed by atoms with Crippen LogP contribution in [-0.2, 0) is 9.53 Å². The molecule has 1 aromatic heterocycles. The molecule has 2 saturated heterocycles. The van der Waals surface area contributed by atoms with Gasteiger partial charge in [0.25, 0.3) is 5.91 Å². The molecule has 1 atom stereocenters. The summed E-state index contributed by atoms with van der Waals surface area (Å²) in [5.74, 6) is 0.337. The summed E-state index contributed by atoms with van der Waals surface area (Å²) in [5, 5.41) is 6.47. The van der Waals surface area contributed by atoms with Gasteiger partial charge in [0, 0.05) is 57.6 Å². The van der Waals surface area contributed by atoms with E-state index < -0.39 is 0 Å². The third-order valence-electron chi connectivity index (χ3n) is 6.29. The Labute approximate surface area is 213 Å². The van der Waals surface area contributed by atoms with Crippen molar-refractivity contribution in [3.8, 4) is 0 Å². The monoisotopic (exact) mass is 495 g/mol. The van der Waals surface area contributed by atoms with Gasteiger partial charge in [-0.2, -0.15) is 0 Å². The second-order valence-electron chi connectivity index (χ2n) is 8.82. The van der Waals surface area contributed by atoms with Gasteiger partial charge in [-0.1, -0.05) is 19.2 Å². The molecule has 0 radical (unpaired) electrons. The van der Waals surface area contributed by atoms with Crippen LogP contribution in [0.4, 0.5) is 5.69 Å². The molecule has 0 spiro atoms. The quantitative estimate of drug-likeness (QED) is 0.159. The largest absolute Gasteiger partial charge is 0.382 e. The number of carbonyl (C=O) groups excluding carboxylic acids is 2. The number of carbonyl (C=O) groups is 2. The van der Waals surface area contributed by atoms with E-state index in [1.165, 1.54) is 6.08 Å². The van der Waals surface area contributed by atoms with Gasteiger partial charge in [-0.05, 0) is 31.1 Å². The number of nitrogens with one attached hydrogen (secondary N) is 2. The Morgan fingerprint density at radius 3 is 2.64 bits per heavy atom. The highest BCUT2D eigenvalue weighted by Crippen LogP contribution is 2.17. The molecule has 0 aromatic carbocycles. The van der Waals surface area contributed by atoms with Crippen LogP contribution in [0.25, 0.3) is 0 Å². The van der Waals surface area contributed by atoms with E-state index >= 15 is 0 Å². The number of morpholine rings is 1. The lowest BCUT2D eigenvalue weighted by molar-refractivity contribution is -0.126. The SMILES string of the molecule is C=CCC(NC(=O)c1cc(NC2CCN(C(=O)C=C)CC2)ccn1)N(C)C=NC(=C)N1CCOCC1. The van der Waals surface area contributed by atoms with E-state index in [2.05, 4.69) is 45.2 Å². The molecule has 10 nitrogen and oxygen atoms in total. The van der Waals surface area contributed by atoms with Gasteiger partial charge >= 0.3 is 0 Å². The second-order valence-corrected chi connectivity index (χ2v) is 8.82. The Morgan fingerprint density at radius 1 is 1.25 bits per heavy atom. The van der Waals surface area contributed by atoms with Crippen LogP contribution in [0.2, 0.25) is 0 Å². The number of hydrogen-bond acceptors (Lipinski definition) is 7. The van der Waals surface area contributed by atoms with Gasteiger partial charge in [0.2, 0.25) is 5.91 Å². The normalized spacial score (nSPS) is 17.4. The first-order chi connectivity index (χ1) is 17.4. The molecule has 3 rings (SSSR count). The van der Waals surface area contributed by atoms with Crippen LogP contribution in [0.3, 0.4) is 0 Å². The zero-order chi connectivity index (χ0) is 25.9. The fourth-order valence-corrected chi connectivity index (χ4v) is 4.10. The summed E-state index contributed by atoms with van der Waals surface area (Å²) in [7, 11) is 1.85. The summed E-state index contributed by atoms with van der Waals surface area (Å²) >= 11 is 0. The van der Waals surface area contributed by atoms with E-state index in [0.717, 1.165) is 31.6 Å². The lowest BCUT2D eigenvalue weighted by Gasteiger charge is -2.32. The Hall–Kier alpha value is -3.66. The number of rotatable bonds is 11. The molecule has 2 aliphatic rings. The topological polar surface area (TPSA) is 102 Å². The maximum atomic E-state index is 13.0. The molecule has 0 bridgehead atoms. The fraction of sp³-hybridized carbons (Fsp3) is 0.462. The smallest absolute Gasteiger partial charge is 0.271 e. The van der Waals surface area contributed by atoms with E-state index in [-0.39, 0.29) is 24.0 Å². The highest BCUT2D eigenvalue weighted by Gasteiger charge is 2.22. The van der Waals surface area contributed by atoms with Crippen molar-refractivity contribution in [2.45, 2.75) is 31.5 Å². The summed E-state index contributed by atoms with van der Waals surface area (Å²) < 4.78 is 5.37. The van der Waals surface area contributed by atoms with Crippen molar-refractivity contribution < 1.29 is 14.3 Å². The average molecular weight is 496 g/mol. The van der Waals surface area contributed by atoms with Crippen LogP contribution in [0.15, 0.2) is 61.0 Å². The highest BCUT2D eigenvalue weighted by atomic mass is 16.5. The van der Waals surface area contributed by atoms with Gasteiger partial charge in [0.15, 0.2) is 0 Å². The summed E-state index contributed by atoms with van der Waals surface area (Å²) in [6.07, 6.45) is 8.22. The third-order valence-corrected chi connectivity index (χ3v) is 6.29. The average Bonchev–Trinajstić information content (AvgIpc) is 2.91. The number of hydrogen-bond donors (Lipinski definition) is 2. The Bertz CT molecular complexity index is 966. The molecule has 1 unspecified atom stereocenters. The maximum absolute atomic E-state index is 13.0. The molecule has 10 heteroatoms. The molecule has 1 aromatic rings. The number of likely N-dealkylation sites (tertiary alicyclic amines) is 1. The van der Waals surface area contributed by atoms with E-state index in [9.17, 15) is 9.59 Å². The molecular formula is C26H37N7O3. The van der Waals surface area contributed by atoms with Gasteiger partial charge < -0.3 is 30.1 Å². The molecule has 0 aliphatic carbocycles. The van der Waals surface area contributed by atoms with Crippen LogP contribution in [0.5, 0.6) is 0 Å². The highest BCUT2D eigenvalue weighted by molar-refractivity contribution is 5.93. The number of amides is 2. The molecule has 2 N–H and O–H groups in total. The zero-order valence-electron chi connectivity index (χ0n) is 21.1. The van der Waals surface area contributed by atoms with Gasteiger partial charge in [-0.25, -0.2) is 4.99 Å². The van der Waals surface area contributed by atoms with E-state index in [4.69, 9.17) is 4.74 Å². The first kappa shape index (κ1) is 26.9. The zero-order valence-corrected chi connectivity index (χ0v) is 21.1. The summed E-state index contributed by atoms with van der Waals surface area (Å²) in [5.41, 5.74) is 1.14. The number of pyridine rings is 1. The van der Waals surface area contributed by atoms with Crippen molar-refractivity contribution >= 4 is 23.8 Å². The van der Waals surface area contributed by atoms with E-state index in [1.807, 2.05) is 18.0 Å². The summed E-state index contributed by atoms with van der Waals surface area (Å²) in [4.78, 5) is 39.2. The van der Waals surface area contributed by atoms with Gasteiger partial charge in [-0.3, -0.25) is 14.6 Å². The van der Waals surface area contributed by atoms with Crippen LogP contribution in [0, 0.1) is 0 Å². The lowest BCUT2D eigenvalue weighted by Crippen LogP contribution is -2.46. The minimum absolute atomic E-state index is 0.0363.